The van der Waals surface area contributed by atoms with E-state index in [9.17, 15) is 18.0 Å². The quantitative estimate of drug-likeness (QED) is 0.611. The first-order chi connectivity index (χ1) is 5.88. The van der Waals surface area contributed by atoms with Crippen LogP contribution in [0.3, 0.4) is 0 Å². The normalized spacial score (nSPS) is 12.7. The van der Waals surface area contributed by atoms with E-state index in [1.165, 1.54) is 6.92 Å². The van der Waals surface area contributed by atoms with Gasteiger partial charge in [0.05, 0.1) is 6.54 Å². The topological polar surface area (TPSA) is 49.3 Å². The lowest BCUT2D eigenvalue weighted by molar-refractivity contribution is -0.201. The number of carbonyl (C=O) groups excluding carboxylic acids is 1. The van der Waals surface area contributed by atoms with Crippen LogP contribution in [0.1, 0.15) is 6.92 Å². The number of halogens is 3. The van der Waals surface area contributed by atoms with Crippen molar-refractivity contribution >= 4 is 5.91 Å². The Bertz CT molecular complexity index is 238. The fourth-order valence-electron chi connectivity index (χ4n) is 0.463. The molecule has 0 rings (SSSR count). The molecule has 1 atom stereocenters. The van der Waals surface area contributed by atoms with Gasteiger partial charge in [0.15, 0.2) is 6.10 Å². The van der Waals surface area contributed by atoms with Gasteiger partial charge < -0.3 is 10.4 Å². The zero-order chi connectivity index (χ0) is 10.5. The van der Waals surface area contributed by atoms with E-state index in [4.69, 9.17) is 5.11 Å². The molecule has 0 spiro atoms. The van der Waals surface area contributed by atoms with E-state index < -0.39 is 24.7 Å². The van der Waals surface area contributed by atoms with Crippen LogP contribution in [0.15, 0.2) is 0 Å². The van der Waals surface area contributed by atoms with E-state index in [0.717, 1.165) is 0 Å². The van der Waals surface area contributed by atoms with E-state index in [2.05, 4.69) is 5.92 Å². The van der Waals surface area contributed by atoms with Crippen LogP contribution in [0.5, 0.6) is 0 Å². The van der Waals surface area contributed by atoms with E-state index in [-0.39, 0.29) is 0 Å². The van der Waals surface area contributed by atoms with Crippen LogP contribution in [0.25, 0.3) is 0 Å². The summed E-state index contributed by atoms with van der Waals surface area (Å²) in [6, 6.07) is 0. The first kappa shape index (κ1) is 11.8. The summed E-state index contributed by atoms with van der Waals surface area (Å²) in [6.07, 6.45) is -7.26. The molecular formula is C7H8F3NO2. The van der Waals surface area contributed by atoms with Crippen molar-refractivity contribution in [2.24, 2.45) is 0 Å². The molecule has 0 aromatic rings. The Balaban J connectivity index is 3.88. The molecule has 0 aromatic heterocycles. The second-order valence-electron chi connectivity index (χ2n) is 2.14. The number of rotatable bonds is 2. The lowest BCUT2D eigenvalue weighted by Gasteiger charge is -2.13. The van der Waals surface area contributed by atoms with Gasteiger partial charge in [-0.05, 0) is 12.8 Å². The second kappa shape index (κ2) is 4.72. The third kappa shape index (κ3) is 5.09. The van der Waals surface area contributed by atoms with Gasteiger partial charge in [0, 0.05) is 0 Å². The molecule has 3 nitrogen and oxygen atoms in total. The summed E-state index contributed by atoms with van der Waals surface area (Å²) in [5.41, 5.74) is 0. The van der Waals surface area contributed by atoms with Crippen molar-refractivity contribution in [2.45, 2.75) is 19.2 Å². The number of carbonyl (C=O) groups is 1. The van der Waals surface area contributed by atoms with Gasteiger partial charge in [0.25, 0.3) is 5.91 Å². The van der Waals surface area contributed by atoms with E-state index in [0.29, 0.717) is 0 Å². The lowest BCUT2D eigenvalue weighted by Crippen LogP contribution is -2.40. The van der Waals surface area contributed by atoms with Gasteiger partial charge in [-0.25, -0.2) is 0 Å². The zero-order valence-electron chi connectivity index (χ0n) is 6.77. The second-order valence-corrected chi connectivity index (χ2v) is 2.14. The summed E-state index contributed by atoms with van der Waals surface area (Å²) in [6.45, 7) is 0.497. The molecule has 0 aromatic carbocycles. The molecule has 1 unspecified atom stereocenters. The molecule has 0 saturated heterocycles. The highest BCUT2D eigenvalue weighted by Crippen LogP contribution is 2.18. The Morgan fingerprint density at radius 2 is 2.15 bits per heavy atom. The largest absolute Gasteiger partial charge is 0.416 e. The van der Waals surface area contributed by atoms with Crippen LogP contribution in [-0.4, -0.2) is 29.8 Å². The molecule has 74 valence electrons. The minimum absolute atomic E-state index is 0.842. The van der Waals surface area contributed by atoms with Crippen LogP contribution in [0, 0.1) is 11.8 Å². The standard InChI is InChI=1S/C7H8F3NO2/c1-2-3-6(13)11-4-5(12)7(8,9)10/h5,12H,4H2,1H3,(H,11,13). The first-order valence-corrected chi connectivity index (χ1v) is 3.33. The number of alkyl halides is 3. The van der Waals surface area contributed by atoms with E-state index in [1.807, 2.05) is 11.2 Å². The molecule has 0 heterocycles. The molecule has 0 aliphatic carbocycles. The Morgan fingerprint density at radius 1 is 1.62 bits per heavy atom. The van der Waals surface area contributed by atoms with Crippen LogP contribution >= 0.6 is 0 Å². The van der Waals surface area contributed by atoms with Crippen molar-refractivity contribution in [1.29, 1.82) is 0 Å². The first-order valence-electron chi connectivity index (χ1n) is 3.33. The molecular weight excluding hydrogens is 187 g/mol. The van der Waals surface area contributed by atoms with Crippen molar-refractivity contribution < 1.29 is 23.1 Å². The average Bonchev–Trinajstić information content (AvgIpc) is 1.99. The molecule has 1 amide bonds. The lowest BCUT2D eigenvalue weighted by atomic mass is 10.3. The minimum atomic E-state index is -4.72. The Labute approximate surface area is 72.9 Å². The monoisotopic (exact) mass is 195 g/mol. The maximum atomic E-state index is 11.6. The van der Waals surface area contributed by atoms with Gasteiger partial charge in [-0.15, -0.1) is 0 Å². The third-order valence-corrected chi connectivity index (χ3v) is 1.07. The van der Waals surface area contributed by atoms with Crippen LogP contribution in [0.4, 0.5) is 13.2 Å². The van der Waals surface area contributed by atoms with Crippen molar-refractivity contribution in [3.05, 3.63) is 0 Å². The van der Waals surface area contributed by atoms with Gasteiger partial charge in [-0.1, -0.05) is 5.92 Å². The molecule has 0 saturated carbocycles. The number of hydrogen-bond acceptors (Lipinski definition) is 2. The van der Waals surface area contributed by atoms with Gasteiger partial charge in [-0.3, -0.25) is 4.79 Å². The SMILES string of the molecule is CC#CC(=O)NCC(O)C(F)(F)F. The van der Waals surface area contributed by atoms with E-state index in [1.54, 1.807) is 0 Å². The van der Waals surface area contributed by atoms with Crippen molar-refractivity contribution in [3.63, 3.8) is 0 Å². The van der Waals surface area contributed by atoms with Gasteiger partial charge in [0.2, 0.25) is 0 Å². The zero-order valence-corrected chi connectivity index (χ0v) is 6.77. The molecule has 0 radical (unpaired) electrons. The summed E-state index contributed by atoms with van der Waals surface area (Å²) in [4.78, 5) is 10.5. The summed E-state index contributed by atoms with van der Waals surface area (Å²) in [5, 5.41) is 10.2. The predicted octanol–water partition coefficient (Wildman–Crippen LogP) is 0.0491. The molecule has 13 heavy (non-hydrogen) atoms. The van der Waals surface area contributed by atoms with Crippen LogP contribution in [-0.2, 0) is 4.79 Å². The molecule has 0 fully saturated rings. The highest BCUT2D eigenvalue weighted by atomic mass is 19.4. The van der Waals surface area contributed by atoms with Gasteiger partial charge in [-0.2, -0.15) is 13.2 Å². The number of aliphatic hydroxyl groups excluding tert-OH is 1. The summed E-state index contributed by atoms with van der Waals surface area (Å²) in [5.74, 6) is 3.34. The molecule has 2 N–H and O–H groups in total. The van der Waals surface area contributed by atoms with Crippen LogP contribution < -0.4 is 5.32 Å². The number of hydrogen-bond donors (Lipinski definition) is 2. The summed E-state index contributed by atoms with van der Waals surface area (Å²) >= 11 is 0. The maximum Gasteiger partial charge on any atom is 0.416 e. The summed E-state index contributed by atoms with van der Waals surface area (Å²) < 4.78 is 34.9. The predicted molar refractivity (Wildman–Crippen MR) is 38.5 cm³/mol. The highest BCUT2D eigenvalue weighted by molar-refractivity contribution is 5.93. The molecule has 0 aliphatic rings. The fraction of sp³-hybridized carbons (Fsp3) is 0.571. The summed E-state index contributed by atoms with van der Waals surface area (Å²) in [7, 11) is 0. The third-order valence-electron chi connectivity index (χ3n) is 1.07. The smallest absolute Gasteiger partial charge is 0.382 e. The number of nitrogens with one attached hydrogen (secondary N) is 1. The Morgan fingerprint density at radius 3 is 2.54 bits per heavy atom. The average molecular weight is 195 g/mol. The minimum Gasteiger partial charge on any atom is -0.382 e. The van der Waals surface area contributed by atoms with Gasteiger partial charge in [0.1, 0.15) is 0 Å². The maximum absolute atomic E-state index is 11.6. The van der Waals surface area contributed by atoms with Crippen molar-refractivity contribution in [2.75, 3.05) is 6.54 Å². The fourth-order valence-corrected chi connectivity index (χ4v) is 0.463. The Kier molecular flexibility index (Phi) is 4.28. The van der Waals surface area contributed by atoms with Crippen LogP contribution in [0.2, 0.25) is 0 Å². The number of aliphatic hydroxyl groups is 1. The molecule has 0 bridgehead atoms. The Hall–Kier alpha value is -1.22. The number of amides is 1. The highest BCUT2D eigenvalue weighted by Gasteiger charge is 2.38. The van der Waals surface area contributed by atoms with E-state index >= 15 is 0 Å². The molecule has 0 aliphatic heterocycles. The van der Waals surface area contributed by atoms with Gasteiger partial charge >= 0.3 is 6.18 Å². The molecule has 6 heteroatoms. The van der Waals surface area contributed by atoms with Crippen molar-refractivity contribution in [3.8, 4) is 11.8 Å². The van der Waals surface area contributed by atoms with Crippen molar-refractivity contribution in [1.82, 2.24) is 5.32 Å².